The number of hydrogen-bond donors (Lipinski definition) is 1. The molecule has 4 heteroatoms. The maximum atomic E-state index is 11.9. The topological polar surface area (TPSA) is 32.3 Å². The Morgan fingerprint density at radius 2 is 2.00 bits per heavy atom. The van der Waals surface area contributed by atoms with E-state index in [2.05, 4.69) is 12.2 Å². The summed E-state index contributed by atoms with van der Waals surface area (Å²) in [7, 11) is 7.46. The summed E-state index contributed by atoms with van der Waals surface area (Å²) in [5.74, 6) is 0. The van der Waals surface area contributed by atoms with Gasteiger partial charge in [0.25, 0.3) is 0 Å². The molecule has 0 unspecified atom stereocenters. The van der Waals surface area contributed by atoms with E-state index in [1.165, 1.54) is 25.7 Å². The second-order valence-electron chi connectivity index (χ2n) is 4.80. The second kappa shape index (κ2) is 8.62. The average Bonchev–Trinajstić information content (AvgIpc) is 2.41. The highest BCUT2D eigenvalue weighted by molar-refractivity contribution is 6.32. The Balaban J connectivity index is 2.29. The molecule has 1 aromatic carbocycles. The standard InChI is InChI=1S/C15H23BN2O/c1-3-4-5-6-7-11-17-15(19)18(2)14-10-8-9-13(16)12-14/h8-10,12H,3-7,11H2,1-2H3,(H,17,19). The van der Waals surface area contributed by atoms with Crippen LogP contribution in [-0.4, -0.2) is 27.5 Å². The Morgan fingerprint density at radius 1 is 1.26 bits per heavy atom. The van der Waals surface area contributed by atoms with E-state index in [9.17, 15) is 4.79 Å². The van der Waals surface area contributed by atoms with Crippen LogP contribution in [0.2, 0.25) is 0 Å². The largest absolute Gasteiger partial charge is 0.338 e. The van der Waals surface area contributed by atoms with Crippen LogP contribution in [0.5, 0.6) is 0 Å². The molecule has 0 fully saturated rings. The van der Waals surface area contributed by atoms with Crippen molar-refractivity contribution in [3.8, 4) is 0 Å². The van der Waals surface area contributed by atoms with Crippen LogP contribution in [0.3, 0.4) is 0 Å². The molecule has 0 aromatic heterocycles. The number of unbranched alkanes of at least 4 members (excludes halogenated alkanes) is 4. The van der Waals surface area contributed by atoms with E-state index in [0.29, 0.717) is 5.46 Å². The molecular weight excluding hydrogens is 235 g/mol. The molecular formula is C15H23BN2O. The monoisotopic (exact) mass is 258 g/mol. The predicted molar refractivity (Wildman–Crippen MR) is 82.4 cm³/mol. The molecule has 0 bridgehead atoms. The number of carbonyl (C=O) groups excluding carboxylic acids is 1. The SMILES string of the molecule is [B]c1cccc(N(C)C(=O)NCCCCCCC)c1. The fourth-order valence-electron chi connectivity index (χ4n) is 1.89. The molecule has 0 saturated carbocycles. The Bertz CT molecular complexity index is 395. The number of carbonyl (C=O) groups is 1. The highest BCUT2D eigenvalue weighted by Crippen LogP contribution is 2.09. The Morgan fingerprint density at radius 3 is 2.68 bits per heavy atom. The van der Waals surface area contributed by atoms with Crippen molar-refractivity contribution < 1.29 is 4.79 Å². The number of amides is 2. The third-order valence-corrected chi connectivity index (χ3v) is 3.12. The quantitative estimate of drug-likeness (QED) is 0.591. The predicted octanol–water partition coefficient (Wildman–Crippen LogP) is 2.60. The number of hydrogen-bond acceptors (Lipinski definition) is 1. The van der Waals surface area contributed by atoms with Crippen molar-refractivity contribution >= 4 is 25.0 Å². The maximum absolute atomic E-state index is 11.9. The Hall–Kier alpha value is -1.45. The van der Waals surface area contributed by atoms with Crippen LogP contribution in [-0.2, 0) is 0 Å². The summed E-state index contributed by atoms with van der Waals surface area (Å²) in [5.41, 5.74) is 1.47. The molecule has 1 N–H and O–H groups in total. The minimum atomic E-state index is -0.0823. The summed E-state index contributed by atoms with van der Waals surface area (Å²) < 4.78 is 0. The minimum absolute atomic E-state index is 0.0823. The highest BCUT2D eigenvalue weighted by atomic mass is 16.2. The first kappa shape index (κ1) is 15.6. The number of nitrogens with zero attached hydrogens (tertiary/aromatic N) is 1. The van der Waals surface area contributed by atoms with Gasteiger partial charge in [-0.25, -0.2) is 4.79 Å². The summed E-state index contributed by atoms with van der Waals surface area (Å²) in [6.45, 7) is 2.93. The lowest BCUT2D eigenvalue weighted by molar-refractivity contribution is 0.247. The first-order valence-electron chi connectivity index (χ1n) is 7.02. The van der Waals surface area contributed by atoms with Gasteiger partial charge in [0.15, 0.2) is 0 Å². The fraction of sp³-hybridized carbons (Fsp3) is 0.533. The van der Waals surface area contributed by atoms with Crippen LogP contribution in [0.1, 0.15) is 39.0 Å². The van der Waals surface area contributed by atoms with Crippen LogP contribution in [0, 0.1) is 0 Å². The van der Waals surface area contributed by atoms with Crippen molar-refractivity contribution in [1.29, 1.82) is 0 Å². The van der Waals surface area contributed by atoms with E-state index >= 15 is 0 Å². The molecule has 0 aliphatic carbocycles. The lowest BCUT2D eigenvalue weighted by Crippen LogP contribution is -2.38. The Labute approximate surface area is 117 Å². The summed E-state index contributed by atoms with van der Waals surface area (Å²) in [4.78, 5) is 13.5. The van der Waals surface area contributed by atoms with Gasteiger partial charge in [-0.05, 0) is 18.6 Å². The molecule has 0 saturated heterocycles. The lowest BCUT2D eigenvalue weighted by Gasteiger charge is -2.18. The van der Waals surface area contributed by atoms with E-state index in [-0.39, 0.29) is 6.03 Å². The molecule has 0 aliphatic heterocycles. The number of anilines is 1. The summed E-state index contributed by atoms with van der Waals surface area (Å²) >= 11 is 0. The van der Waals surface area contributed by atoms with E-state index < -0.39 is 0 Å². The number of nitrogens with one attached hydrogen (secondary N) is 1. The Kier molecular flexibility index (Phi) is 7.08. The van der Waals surface area contributed by atoms with Crippen LogP contribution < -0.4 is 15.7 Å². The van der Waals surface area contributed by atoms with Gasteiger partial charge in [-0.15, -0.1) is 0 Å². The van der Waals surface area contributed by atoms with Crippen LogP contribution in [0.15, 0.2) is 24.3 Å². The van der Waals surface area contributed by atoms with Gasteiger partial charge in [0.2, 0.25) is 0 Å². The molecule has 102 valence electrons. The zero-order valence-electron chi connectivity index (χ0n) is 12.0. The number of urea groups is 1. The zero-order chi connectivity index (χ0) is 14.1. The fourth-order valence-corrected chi connectivity index (χ4v) is 1.89. The molecule has 2 amide bonds. The van der Waals surface area contributed by atoms with Gasteiger partial charge >= 0.3 is 6.03 Å². The van der Waals surface area contributed by atoms with Gasteiger partial charge in [0, 0.05) is 19.3 Å². The first-order chi connectivity index (χ1) is 9.15. The molecule has 3 nitrogen and oxygen atoms in total. The highest BCUT2D eigenvalue weighted by Gasteiger charge is 2.09. The number of rotatable bonds is 7. The van der Waals surface area contributed by atoms with E-state index in [4.69, 9.17) is 7.85 Å². The molecule has 0 aliphatic rings. The van der Waals surface area contributed by atoms with Gasteiger partial charge in [0.1, 0.15) is 7.85 Å². The van der Waals surface area contributed by atoms with E-state index in [0.717, 1.165) is 18.7 Å². The smallest absolute Gasteiger partial charge is 0.321 e. The van der Waals surface area contributed by atoms with Gasteiger partial charge in [0.05, 0.1) is 0 Å². The summed E-state index contributed by atoms with van der Waals surface area (Å²) in [6, 6.07) is 7.24. The summed E-state index contributed by atoms with van der Waals surface area (Å²) in [6.07, 6.45) is 5.98. The normalized spacial score (nSPS) is 10.2. The molecule has 2 radical (unpaired) electrons. The number of benzene rings is 1. The van der Waals surface area contributed by atoms with E-state index in [1.807, 2.05) is 18.2 Å². The third-order valence-electron chi connectivity index (χ3n) is 3.12. The van der Waals surface area contributed by atoms with Gasteiger partial charge in [-0.3, -0.25) is 4.90 Å². The molecule has 0 spiro atoms. The van der Waals surface area contributed by atoms with Crippen molar-refractivity contribution in [3.63, 3.8) is 0 Å². The van der Waals surface area contributed by atoms with Crippen LogP contribution >= 0.6 is 0 Å². The average molecular weight is 258 g/mol. The molecule has 1 rings (SSSR count). The molecule has 0 heterocycles. The van der Waals surface area contributed by atoms with Crippen LogP contribution in [0.4, 0.5) is 10.5 Å². The van der Waals surface area contributed by atoms with Gasteiger partial charge < -0.3 is 5.32 Å². The second-order valence-corrected chi connectivity index (χ2v) is 4.80. The van der Waals surface area contributed by atoms with Crippen molar-refractivity contribution in [2.75, 3.05) is 18.5 Å². The molecule has 0 atom stereocenters. The third kappa shape index (κ3) is 5.82. The molecule has 1 aromatic rings. The van der Waals surface area contributed by atoms with E-state index in [1.54, 1.807) is 18.0 Å². The van der Waals surface area contributed by atoms with Crippen molar-refractivity contribution in [1.82, 2.24) is 5.32 Å². The first-order valence-corrected chi connectivity index (χ1v) is 7.02. The van der Waals surface area contributed by atoms with Crippen molar-refractivity contribution in [2.24, 2.45) is 0 Å². The van der Waals surface area contributed by atoms with Crippen molar-refractivity contribution in [2.45, 2.75) is 39.0 Å². The van der Waals surface area contributed by atoms with Gasteiger partial charge in [-0.2, -0.15) is 0 Å². The maximum Gasteiger partial charge on any atom is 0.321 e. The minimum Gasteiger partial charge on any atom is -0.338 e. The zero-order valence-corrected chi connectivity index (χ0v) is 12.0. The lowest BCUT2D eigenvalue weighted by atomic mass is 9.96. The summed E-state index contributed by atoms with van der Waals surface area (Å²) in [5, 5.41) is 2.92. The van der Waals surface area contributed by atoms with Crippen molar-refractivity contribution in [3.05, 3.63) is 24.3 Å². The molecule has 19 heavy (non-hydrogen) atoms. The van der Waals surface area contributed by atoms with Gasteiger partial charge in [-0.1, -0.05) is 50.2 Å². The van der Waals surface area contributed by atoms with Crippen LogP contribution in [0.25, 0.3) is 0 Å².